The van der Waals surface area contributed by atoms with Gasteiger partial charge in [-0.1, -0.05) is 6.92 Å². The number of nitrogens with one attached hydrogen (secondary N) is 1. The molecule has 3 heteroatoms. The number of likely N-dealkylation sites (tertiary alicyclic amines) is 1. The van der Waals surface area contributed by atoms with Crippen LogP contribution in [0.2, 0.25) is 0 Å². The van der Waals surface area contributed by atoms with Crippen molar-refractivity contribution in [2.45, 2.75) is 26.2 Å². The van der Waals surface area contributed by atoms with Gasteiger partial charge in [-0.3, -0.25) is 10.1 Å². The lowest BCUT2D eigenvalue weighted by Crippen LogP contribution is -2.35. The Labute approximate surface area is 67.8 Å². The van der Waals surface area contributed by atoms with Crippen LogP contribution in [0.1, 0.15) is 26.2 Å². The highest BCUT2D eigenvalue weighted by atomic mass is 16.2. The lowest BCUT2D eigenvalue weighted by Gasteiger charge is -2.15. The van der Waals surface area contributed by atoms with Gasteiger partial charge in [0.25, 0.3) is 0 Å². The standard InChI is InChI=1S/C8H16N2O/c1-2-5-9-7-10-6-3-4-8(10)11/h9H,2-7H2,1H3. The molecule has 3 nitrogen and oxygen atoms in total. The van der Waals surface area contributed by atoms with E-state index in [1.807, 2.05) is 4.90 Å². The van der Waals surface area contributed by atoms with E-state index in [1.54, 1.807) is 0 Å². The predicted molar refractivity (Wildman–Crippen MR) is 44.1 cm³/mol. The van der Waals surface area contributed by atoms with E-state index in [0.29, 0.717) is 5.91 Å². The molecule has 0 bridgehead atoms. The van der Waals surface area contributed by atoms with Crippen molar-refractivity contribution >= 4 is 5.91 Å². The zero-order valence-corrected chi connectivity index (χ0v) is 7.10. The Balaban J connectivity index is 2.10. The van der Waals surface area contributed by atoms with E-state index in [2.05, 4.69) is 12.2 Å². The minimum Gasteiger partial charge on any atom is -0.330 e. The molecule has 1 heterocycles. The van der Waals surface area contributed by atoms with E-state index < -0.39 is 0 Å². The molecule has 1 N–H and O–H groups in total. The molecule has 1 aliphatic rings. The number of nitrogens with zero attached hydrogens (tertiary/aromatic N) is 1. The summed E-state index contributed by atoms with van der Waals surface area (Å²) in [6.07, 6.45) is 2.91. The Morgan fingerprint density at radius 2 is 2.45 bits per heavy atom. The number of rotatable bonds is 4. The van der Waals surface area contributed by atoms with Gasteiger partial charge in [0.1, 0.15) is 0 Å². The summed E-state index contributed by atoms with van der Waals surface area (Å²) >= 11 is 0. The van der Waals surface area contributed by atoms with E-state index in [1.165, 1.54) is 0 Å². The smallest absolute Gasteiger partial charge is 0.223 e. The fourth-order valence-corrected chi connectivity index (χ4v) is 1.26. The second-order valence-electron chi connectivity index (χ2n) is 2.92. The molecule has 0 radical (unpaired) electrons. The molecule has 0 aliphatic carbocycles. The lowest BCUT2D eigenvalue weighted by molar-refractivity contribution is -0.127. The third-order valence-electron chi connectivity index (χ3n) is 1.90. The SMILES string of the molecule is CCCNCN1CCCC1=O. The molecule has 1 amide bonds. The maximum Gasteiger partial charge on any atom is 0.223 e. The molecule has 0 saturated carbocycles. The maximum absolute atomic E-state index is 11.1. The first-order valence-corrected chi connectivity index (χ1v) is 4.33. The number of hydrogen-bond acceptors (Lipinski definition) is 2. The van der Waals surface area contributed by atoms with E-state index in [-0.39, 0.29) is 0 Å². The molecule has 11 heavy (non-hydrogen) atoms. The van der Waals surface area contributed by atoms with Crippen LogP contribution in [0.4, 0.5) is 0 Å². The lowest BCUT2D eigenvalue weighted by atomic mass is 10.4. The van der Waals surface area contributed by atoms with E-state index in [9.17, 15) is 4.79 Å². The van der Waals surface area contributed by atoms with Crippen LogP contribution in [0.5, 0.6) is 0 Å². The van der Waals surface area contributed by atoms with Crippen molar-refractivity contribution in [2.75, 3.05) is 19.8 Å². The summed E-state index contributed by atoms with van der Waals surface area (Å²) in [5, 5.41) is 3.21. The minimum absolute atomic E-state index is 0.300. The monoisotopic (exact) mass is 156 g/mol. The molecule has 1 rings (SSSR count). The van der Waals surface area contributed by atoms with Crippen molar-refractivity contribution in [3.05, 3.63) is 0 Å². The Kier molecular flexibility index (Phi) is 3.36. The van der Waals surface area contributed by atoms with Crippen molar-refractivity contribution in [1.29, 1.82) is 0 Å². The Hall–Kier alpha value is -0.570. The number of carbonyl (C=O) groups is 1. The molecule has 64 valence electrons. The molecule has 0 aromatic heterocycles. The van der Waals surface area contributed by atoms with Gasteiger partial charge in [-0.15, -0.1) is 0 Å². The zero-order valence-electron chi connectivity index (χ0n) is 7.10. The molecule has 1 aliphatic heterocycles. The second-order valence-corrected chi connectivity index (χ2v) is 2.92. The van der Waals surface area contributed by atoms with Crippen LogP contribution in [0.15, 0.2) is 0 Å². The van der Waals surface area contributed by atoms with Gasteiger partial charge in [-0.25, -0.2) is 0 Å². The normalized spacial score (nSPS) is 17.9. The fraction of sp³-hybridized carbons (Fsp3) is 0.875. The quantitative estimate of drug-likeness (QED) is 0.603. The van der Waals surface area contributed by atoms with Crippen molar-refractivity contribution < 1.29 is 4.79 Å². The van der Waals surface area contributed by atoms with Crippen molar-refractivity contribution in [3.63, 3.8) is 0 Å². The van der Waals surface area contributed by atoms with Gasteiger partial charge in [0, 0.05) is 13.0 Å². The average Bonchev–Trinajstić information content (AvgIpc) is 2.37. The van der Waals surface area contributed by atoms with Gasteiger partial charge in [0.05, 0.1) is 6.67 Å². The van der Waals surface area contributed by atoms with Crippen LogP contribution in [-0.2, 0) is 4.79 Å². The Bertz CT molecular complexity index is 136. The second kappa shape index (κ2) is 4.34. The Morgan fingerprint density at radius 3 is 3.00 bits per heavy atom. The van der Waals surface area contributed by atoms with Gasteiger partial charge in [0.15, 0.2) is 0 Å². The maximum atomic E-state index is 11.1. The van der Waals surface area contributed by atoms with Crippen LogP contribution < -0.4 is 5.32 Å². The van der Waals surface area contributed by atoms with Crippen LogP contribution in [0.25, 0.3) is 0 Å². The van der Waals surface area contributed by atoms with E-state index in [4.69, 9.17) is 0 Å². The highest BCUT2D eigenvalue weighted by Gasteiger charge is 2.18. The van der Waals surface area contributed by atoms with E-state index in [0.717, 1.165) is 39.0 Å². The first-order valence-electron chi connectivity index (χ1n) is 4.33. The summed E-state index contributed by atoms with van der Waals surface area (Å²) in [6, 6.07) is 0. The van der Waals surface area contributed by atoms with Crippen LogP contribution in [-0.4, -0.2) is 30.6 Å². The van der Waals surface area contributed by atoms with Crippen LogP contribution in [0, 0.1) is 0 Å². The summed E-state index contributed by atoms with van der Waals surface area (Å²) in [7, 11) is 0. The van der Waals surface area contributed by atoms with Gasteiger partial charge in [-0.2, -0.15) is 0 Å². The summed E-state index contributed by atoms with van der Waals surface area (Å²) in [6.45, 7) is 4.81. The fourth-order valence-electron chi connectivity index (χ4n) is 1.26. The average molecular weight is 156 g/mol. The highest BCUT2D eigenvalue weighted by molar-refractivity contribution is 5.77. The molecule has 0 aromatic rings. The summed E-state index contributed by atoms with van der Waals surface area (Å²) in [4.78, 5) is 12.9. The number of hydrogen-bond donors (Lipinski definition) is 1. The number of carbonyl (C=O) groups excluding carboxylic acids is 1. The van der Waals surface area contributed by atoms with E-state index >= 15 is 0 Å². The van der Waals surface area contributed by atoms with Crippen molar-refractivity contribution in [2.24, 2.45) is 0 Å². The third kappa shape index (κ3) is 2.50. The molecular weight excluding hydrogens is 140 g/mol. The topological polar surface area (TPSA) is 32.3 Å². The number of amides is 1. The van der Waals surface area contributed by atoms with Gasteiger partial charge in [-0.05, 0) is 19.4 Å². The summed E-state index contributed by atoms with van der Waals surface area (Å²) < 4.78 is 0. The predicted octanol–water partition coefficient (Wildman–Crippen LogP) is 0.566. The molecule has 1 fully saturated rings. The third-order valence-corrected chi connectivity index (χ3v) is 1.90. The summed E-state index contributed by atoms with van der Waals surface area (Å²) in [5.41, 5.74) is 0. The van der Waals surface area contributed by atoms with Gasteiger partial charge in [0.2, 0.25) is 5.91 Å². The van der Waals surface area contributed by atoms with Crippen molar-refractivity contribution in [3.8, 4) is 0 Å². The summed E-state index contributed by atoms with van der Waals surface area (Å²) in [5.74, 6) is 0.300. The first kappa shape index (κ1) is 8.53. The Morgan fingerprint density at radius 1 is 1.64 bits per heavy atom. The minimum atomic E-state index is 0.300. The molecule has 1 saturated heterocycles. The molecule has 0 spiro atoms. The van der Waals surface area contributed by atoms with Gasteiger partial charge < -0.3 is 4.90 Å². The molecule has 0 aromatic carbocycles. The highest BCUT2D eigenvalue weighted by Crippen LogP contribution is 2.07. The van der Waals surface area contributed by atoms with Crippen LogP contribution >= 0.6 is 0 Å². The molecule has 0 atom stereocenters. The molecular formula is C8H16N2O. The zero-order chi connectivity index (χ0) is 8.10. The first-order chi connectivity index (χ1) is 5.34. The van der Waals surface area contributed by atoms with Crippen molar-refractivity contribution in [1.82, 2.24) is 10.2 Å². The molecule has 0 unspecified atom stereocenters. The largest absolute Gasteiger partial charge is 0.330 e. The van der Waals surface area contributed by atoms with Crippen LogP contribution in [0.3, 0.4) is 0 Å². The van der Waals surface area contributed by atoms with Gasteiger partial charge >= 0.3 is 0 Å².